The van der Waals surface area contributed by atoms with Crippen molar-refractivity contribution in [2.75, 3.05) is 11.9 Å². The van der Waals surface area contributed by atoms with Gasteiger partial charge < -0.3 is 16.0 Å². The predicted molar refractivity (Wildman–Crippen MR) is 104 cm³/mol. The molecule has 0 aliphatic rings. The van der Waals surface area contributed by atoms with Gasteiger partial charge in [0.25, 0.3) is 0 Å². The second kappa shape index (κ2) is 10.1. The van der Waals surface area contributed by atoms with E-state index in [9.17, 15) is 9.59 Å². The van der Waals surface area contributed by atoms with Gasteiger partial charge in [0.1, 0.15) is 0 Å². The molecule has 0 spiro atoms. The molecule has 140 valence electrons. The topological polar surface area (TPSA) is 70.2 Å². The molecule has 5 heteroatoms. The zero-order chi connectivity index (χ0) is 19.0. The highest BCUT2D eigenvalue weighted by Gasteiger charge is 2.11. The summed E-state index contributed by atoms with van der Waals surface area (Å²) in [5.74, 6) is 0.455. The fourth-order valence-corrected chi connectivity index (χ4v) is 2.90. The summed E-state index contributed by atoms with van der Waals surface area (Å²) in [5, 5.41) is 8.37. The Morgan fingerprint density at radius 3 is 2.16 bits per heavy atom. The minimum atomic E-state index is -0.301. The Bertz CT molecular complexity index is 574. The standard InChI is InChI=1S/C20H33N3O2/c1-13(2)8-7-9-17(6)22-20(25)21-12-18(24)23-19-15(4)10-14(3)11-16(19)5/h10-11,13,17H,7-9,12H2,1-6H3,(H,23,24)(H2,21,22,25)/t17-/m1/s1. The number of hydrogen-bond donors (Lipinski definition) is 3. The molecule has 0 aliphatic heterocycles. The number of carbonyl (C=O) groups is 2. The van der Waals surface area contributed by atoms with E-state index in [4.69, 9.17) is 0 Å². The Morgan fingerprint density at radius 1 is 1.00 bits per heavy atom. The van der Waals surface area contributed by atoms with Gasteiger partial charge in [-0.15, -0.1) is 0 Å². The SMILES string of the molecule is Cc1cc(C)c(NC(=O)CNC(=O)N[C@H](C)CCCC(C)C)c(C)c1. The van der Waals surface area contributed by atoms with Crippen LogP contribution in [0.15, 0.2) is 12.1 Å². The van der Waals surface area contributed by atoms with Crippen molar-refractivity contribution in [1.29, 1.82) is 0 Å². The van der Waals surface area contributed by atoms with Crippen LogP contribution in [0.3, 0.4) is 0 Å². The zero-order valence-corrected chi connectivity index (χ0v) is 16.5. The van der Waals surface area contributed by atoms with Gasteiger partial charge in [0.05, 0.1) is 6.54 Å². The summed E-state index contributed by atoms with van der Waals surface area (Å²) in [4.78, 5) is 24.0. The molecule has 5 nitrogen and oxygen atoms in total. The summed E-state index contributed by atoms with van der Waals surface area (Å²) < 4.78 is 0. The number of benzene rings is 1. The monoisotopic (exact) mass is 347 g/mol. The third kappa shape index (κ3) is 8.05. The molecular formula is C20H33N3O2. The van der Waals surface area contributed by atoms with Crippen molar-refractivity contribution in [3.63, 3.8) is 0 Å². The molecular weight excluding hydrogens is 314 g/mol. The number of rotatable bonds is 8. The Kier molecular flexibility index (Phi) is 8.46. The predicted octanol–water partition coefficient (Wildman–Crippen LogP) is 4.06. The molecule has 0 saturated heterocycles. The molecule has 25 heavy (non-hydrogen) atoms. The number of hydrogen-bond acceptors (Lipinski definition) is 2. The summed E-state index contributed by atoms with van der Waals surface area (Å²) in [5.41, 5.74) is 4.03. The maximum absolute atomic E-state index is 12.1. The molecule has 0 aromatic heterocycles. The molecule has 0 bridgehead atoms. The summed E-state index contributed by atoms with van der Waals surface area (Å²) in [6, 6.07) is 3.86. The van der Waals surface area contributed by atoms with E-state index in [1.807, 2.05) is 39.8 Å². The lowest BCUT2D eigenvalue weighted by Crippen LogP contribution is -2.43. The molecule has 1 rings (SSSR count). The van der Waals surface area contributed by atoms with Gasteiger partial charge in [-0.25, -0.2) is 4.79 Å². The maximum Gasteiger partial charge on any atom is 0.315 e. The van der Waals surface area contributed by atoms with Crippen LogP contribution in [0.25, 0.3) is 0 Å². The third-order valence-electron chi connectivity index (χ3n) is 4.15. The first kappa shape index (κ1) is 21.0. The van der Waals surface area contributed by atoms with E-state index in [1.165, 1.54) is 0 Å². The molecule has 0 fully saturated rings. The van der Waals surface area contributed by atoms with E-state index in [0.29, 0.717) is 5.92 Å². The maximum atomic E-state index is 12.1. The second-order valence-electron chi connectivity index (χ2n) is 7.37. The molecule has 1 aromatic rings. The average Bonchev–Trinajstić information content (AvgIpc) is 2.48. The van der Waals surface area contributed by atoms with Gasteiger partial charge >= 0.3 is 6.03 Å². The van der Waals surface area contributed by atoms with Crippen LogP contribution in [-0.2, 0) is 4.79 Å². The van der Waals surface area contributed by atoms with Crippen LogP contribution in [0.4, 0.5) is 10.5 Å². The fourth-order valence-electron chi connectivity index (χ4n) is 2.90. The molecule has 1 atom stereocenters. The summed E-state index contributed by atoms with van der Waals surface area (Å²) in [6.45, 7) is 12.3. The van der Waals surface area contributed by atoms with Crippen LogP contribution in [0, 0.1) is 26.7 Å². The summed E-state index contributed by atoms with van der Waals surface area (Å²) >= 11 is 0. The van der Waals surface area contributed by atoms with Gasteiger partial charge in [-0.3, -0.25) is 4.79 Å². The van der Waals surface area contributed by atoms with Crippen LogP contribution in [0.5, 0.6) is 0 Å². The number of nitrogens with one attached hydrogen (secondary N) is 3. The highest BCUT2D eigenvalue weighted by atomic mass is 16.2. The van der Waals surface area contributed by atoms with Crippen LogP contribution in [0.1, 0.15) is 56.7 Å². The molecule has 0 radical (unpaired) electrons. The lowest BCUT2D eigenvalue weighted by molar-refractivity contribution is -0.115. The van der Waals surface area contributed by atoms with E-state index in [1.54, 1.807) is 0 Å². The Balaban J connectivity index is 2.37. The van der Waals surface area contributed by atoms with Crippen molar-refractivity contribution < 1.29 is 9.59 Å². The minimum absolute atomic E-state index is 0.0443. The normalized spacial score (nSPS) is 12.0. The molecule has 1 aromatic carbocycles. The van der Waals surface area contributed by atoms with Crippen molar-refractivity contribution in [3.8, 4) is 0 Å². The third-order valence-corrected chi connectivity index (χ3v) is 4.15. The minimum Gasteiger partial charge on any atom is -0.336 e. The molecule has 0 unspecified atom stereocenters. The second-order valence-corrected chi connectivity index (χ2v) is 7.37. The van der Waals surface area contributed by atoms with Crippen molar-refractivity contribution in [2.24, 2.45) is 5.92 Å². The number of anilines is 1. The van der Waals surface area contributed by atoms with Crippen molar-refractivity contribution >= 4 is 17.6 Å². The first-order valence-corrected chi connectivity index (χ1v) is 9.11. The lowest BCUT2D eigenvalue weighted by atomic mass is 10.0. The van der Waals surface area contributed by atoms with Crippen LogP contribution in [0.2, 0.25) is 0 Å². The zero-order valence-electron chi connectivity index (χ0n) is 16.5. The van der Waals surface area contributed by atoms with Crippen LogP contribution < -0.4 is 16.0 Å². The van der Waals surface area contributed by atoms with Gasteiger partial charge in [-0.2, -0.15) is 0 Å². The fraction of sp³-hybridized carbons (Fsp3) is 0.600. The first-order chi connectivity index (χ1) is 11.7. The number of amides is 3. The molecule has 0 aliphatic carbocycles. The molecule has 0 saturated carbocycles. The highest BCUT2D eigenvalue weighted by Crippen LogP contribution is 2.21. The van der Waals surface area contributed by atoms with Crippen LogP contribution in [-0.4, -0.2) is 24.5 Å². The Hall–Kier alpha value is -2.04. The summed E-state index contributed by atoms with van der Waals surface area (Å²) in [7, 11) is 0. The highest BCUT2D eigenvalue weighted by molar-refractivity contribution is 5.95. The van der Waals surface area contributed by atoms with E-state index in [0.717, 1.165) is 41.6 Å². The Labute approximate surface area is 152 Å². The van der Waals surface area contributed by atoms with Crippen molar-refractivity contribution in [1.82, 2.24) is 10.6 Å². The molecule has 3 N–H and O–H groups in total. The van der Waals surface area contributed by atoms with Crippen LogP contribution >= 0.6 is 0 Å². The molecule has 0 heterocycles. The van der Waals surface area contributed by atoms with E-state index >= 15 is 0 Å². The van der Waals surface area contributed by atoms with Gasteiger partial charge in [0.15, 0.2) is 0 Å². The van der Waals surface area contributed by atoms with E-state index in [2.05, 4.69) is 29.8 Å². The van der Waals surface area contributed by atoms with E-state index in [-0.39, 0.29) is 24.5 Å². The largest absolute Gasteiger partial charge is 0.336 e. The van der Waals surface area contributed by atoms with Crippen molar-refractivity contribution in [3.05, 3.63) is 28.8 Å². The lowest BCUT2D eigenvalue weighted by Gasteiger charge is -2.16. The molecule has 3 amide bonds. The summed E-state index contributed by atoms with van der Waals surface area (Å²) in [6.07, 6.45) is 3.19. The smallest absolute Gasteiger partial charge is 0.315 e. The number of aryl methyl sites for hydroxylation is 3. The quantitative estimate of drug-likeness (QED) is 0.663. The van der Waals surface area contributed by atoms with Crippen molar-refractivity contribution in [2.45, 2.75) is 66.8 Å². The number of carbonyl (C=O) groups excluding carboxylic acids is 2. The van der Waals surface area contributed by atoms with Gasteiger partial charge in [0, 0.05) is 11.7 Å². The number of urea groups is 1. The van der Waals surface area contributed by atoms with Gasteiger partial charge in [-0.05, 0) is 51.2 Å². The van der Waals surface area contributed by atoms with Gasteiger partial charge in [-0.1, -0.05) is 44.4 Å². The average molecular weight is 348 g/mol. The Morgan fingerprint density at radius 2 is 1.60 bits per heavy atom. The van der Waals surface area contributed by atoms with E-state index < -0.39 is 0 Å². The first-order valence-electron chi connectivity index (χ1n) is 9.11. The van der Waals surface area contributed by atoms with Gasteiger partial charge in [0.2, 0.25) is 5.91 Å².